The van der Waals surface area contributed by atoms with E-state index in [0.29, 0.717) is 13.1 Å². The van der Waals surface area contributed by atoms with Crippen molar-refractivity contribution in [1.29, 1.82) is 0 Å². The summed E-state index contributed by atoms with van der Waals surface area (Å²) in [5.41, 5.74) is 9.29. The number of carbonyl (C=O) groups excluding carboxylic acids is 2. The summed E-state index contributed by atoms with van der Waals surface area (Å²) < 4.78 is 13.7. The van der Waals surface area contributed by atoms with Gasteiger partial charge in [0, 0.05) is 30.2 Å². The number of urea groups is 1. The van der Waals surface area contributed by atoms with Crippen LogP contribution in [0.5, 0.6) is 0 Å². The van der Waals surface area contributed by atoms with E-state index in [9.17, 15) is 14.0 Å². The Morgan fingerprint density at radius 2 is 2.00 bits per heavy atom. The molecule has 0 spiro atoms. The third-order valence-corrected chi connectivity index (χ3v) is 6.10. The highest BCUT2D eigenvalue weighted by Gasteiger charge is 2.27. The molecule has 1 aliphatic heterocycles. The quantitative estimate of drug-likeness (QED) is 0.577. The predicted molar refractivity (Wildman–Crippen MR) is 118 cm³/mol. The van der Waals surface area contributed by atoms with Crippen LogP contribution in [0.2, 0.25) is 0 Å². The van der Waals surface area contributed by atoms with E-state index < -0.39 is 12.1 Å². The number of fused-ring (bicyclic) bond motifs is 1. The van der Waals surface area contributed by atoms with E-state index in [1.54, 1.807) is 12.1 Å². The fourth-order valence-electron chi connectivity index (χ4n) is 4.51. The van der Waals surface area contributed by atoms with Crippen molar-refractivity contribution in [2.75, 3.05) is 13.1 Å². The number of likely N-dealkylation sites (tertiary alicyclic amines) is 1. The number of amides is 3. The number of aromatic amines is 1. The number of benzene rings is 2. The third-order valence-electron chi connectivity index (χ3n) is 6.10. The van der Waals surface area contributed by atoms with E-state index in [4.69, 9.17) is 5.73 Å². The maximum atomic E-state index is 13.7. The van der Waals surface area contributed by atoms with Gasteiger partial charge in [0.05, 0.1) is 12.5 Å². The average molecular weight is 423 g/mol. The van der Waals surface area contributed by atoms with Crippen molar-refractivity contribution in [3.05, 3.63) is 71.2 Å². The van der Waals surface area contributed by atoms with Crippen LogP contribution in [0.25, 0.3) is 10.9 Å². The molecule has 3 aromatic rings. The van der Waals surface area contributed by atoms with Gasteiger partial charge in [0.2, 0.25) is 5.91 Å². The summed E-state index contributed by atoms with van der Waals surface area (Å²) in [5.74, 6) is 0.0182. The standard InChI is InChI=1S/C24H27FN4O2/c1-15-3-2-4-17(11-15)22(28-24(26)31)13-23(30)29-9-7-16(8-10-29)20-14-27-21-6-5-18(25)12-19(20)21/h2-6,11-12,14,16,22,27H,7-10,13H2,1H3,(H3,26,28,31). The van der Waals surface area contributed by atoms with Crippen LogP contribution in [0.4, 0.5) is 9.18 Å². The number of aromatic nitrogens is 1. The first kappa shape index (κ1) is 20.9. The highest BCUT2D eigenvalue weighted by molar-refractivity contribution is 5.84. The van der Waals surface area contributed by atoms with Crippen LogP contribution in [0.3, 0.4) is 0 Å². The van der Waals surface area contributed by atoms with Crippen molar-refractivity contribution in [2.45, 2.75) is 38.1 Å². The minimum atomic E-state index is -0.649. The van der Waals surface area contributed by atoms with E-state index in [2.05, 4.69) is 10.3 Å². The molecule has 1 saturated heterocycles. The van der Waals surface area contributed by atoms with Crippen molar-refractivity contribution in [2.24, 2.45) is 5.73 Å². The molecule has 31 heavy (non-hydrogen) atoms. The van der Waals surface area contributed by atoms with Gasteiger partial charge in [-0.15, -0.1) is 0 Å². The lowest BCUT2D eigenvalue weighted by Crippen LogP contribution is -2.41. The second-order valence-electron chi connectivity index (χ2n) is 8.27. The van der Waals surface area contributed by atoms with Crippen LogP contribution in [0.15, 0.2) is 48.7 Å². The minimum absolute atomic E-state index is 0.0105. The van der Waals surface area contributed by atoms with Gasteiger partial charge in [0.25, 0.3) is 0 Å². The lowest BCUT2D eigenvalue weighted by Gasteiger charge is -2.33. The molecule has 6 nitrogen and oxygen atoms in total. The fourth-order valence-corrected chi connectivity index (χ4v) is 4.51. The molecule has 1 aromatic heterocycles. The summed E-state index contributed by atoms with van der Waals surface area (Å²) in [4.78, 5) is 29.5. The summed E-state index contributed by atoms with van der Waals surface area (Å²) in [6.07, 6.45) is 3.74. The molecular formula is C24H27FN4O2. The number of piperidine rings is 1. The van der Waals surface area contributed by atoms with Crippen LogP contribution in [0, 0.1) is 12.7 Å². The van der Waals surface area contributed by atoms with E-state index in [1.807, 2.05) is 42.3 Å². The number of carbonyl (C=O) groups is 2. The normalized spacial score (nSPS) is 15.7. The first-order valence-corrected chi connectivity index (χ1v) is 10.6. The van der Waals surface area contributed by atoms with Crippen molar-refractivity contribution < 1.29 is 14.0 Å². The van der Waals surface area contributed by atoms with Gasteiger partial charge in [-0.05, 0) is 55.0 Å². The highest BCUT2D eigenvalue weighted by atomic mass is 19.1. The van der Waals surface area contributed by atoms with Crippen molar-refractivity contribution in [3.8, 4) is 0 Å². The Balaban J connectivity index is 1.42. The van der Waals surface area contributed by atoms with Crippen LogP contribution in [-0.2, 0) is 4.79 Å². The van der Waals surface area contributed by atoms with Gasteiger partial charge in [-0.1, -0.05) is 29.8 Å². The largest absolute Gasteiger partial charge is 0.361 e. The lowest BCUT2D eigenvalue weighted by atomic mass is 9.89. The molecule has 1 unspecified atom stereocenters. The highest BCUT2D eigenvalue weighted by Crippen LogP contribution is 2.34. The third kappa shape index (κ3) is 4.71. The van der Waals surface area contributed by atoms with Gasteiger partial charge >= 0.3 is 6.03 Å². The molecular weight excluding hydrogens is 395 g/mol. The predicted octanol–water partition coefficient (Wildman–Crippen LogP) is 4.12. The van der Waals surface area contributed by atoms with Gasteiger partial charge in [-0.2, -0.15) is 0 Å². The Kier molecular flexibility index (Phi) is 5.93. The molecule has 0 bridgehead atoms. The molecule has 2 heterocycles. The van der Waals surface area contributed by atoms with Gasteiger partial charge in [-0.3, -0.25) is 4.79 Å². The number of nitrogens with one attached hydrogen (secondary N) is 2. The summed E-state index contributed by atoms with van der Waals surface area (Å²) >= 11 is 0. The summed E-state index contributed by atoms with van der Waals surface area (Å²) in [6.45, 7) is 3.22. The minimum Gasteiger partial charge on any atom is -0.361 e. The molecule has 3 amide bonds. The first-order valence-electron chi connectivity index (χ1n) is 10.6. The summed E-state index contributed by atoms with van der Waals surface area (Å²) in [6, 6.07) is 11.4. The Hall–Kier alpha value is -3.35. The zero-order valence-electron chi connectivity index (χ0n) is 17.5. The molecule has 4 rings (SSSR count). The fraction of sp³-hybridized carbons (Fsp3) is 0.333. The summed E-state index contributed by atoms with van der Waals surface area (Å²) in [5, 5.41) is 3.61. The number of aryl methyl sites for hydroxylation is 1. The Morgan fingerprint density at radius 1 is 1.23 bits per heavy atom. The number of rotatable bonds is 5. The van der Waals surface area contributed by atoms with Gasteiger partial charge < -0.3 is 20.9 Å². The van der Waals surface area contributed by atoms with Crippen molar-refractivity contribution >= 4 is 22.8 Å². The summed E-state index contributed by atoms with van der Waals surface area (Å²) in [7, 11) is 0. The number of nitrogens with two attached hydrogens (primary N) is 1. The lowest BCUT2D eigenvalue weighted by molar-refractivity contribution is -0.132. The maximum absolute atomic E-state index is 13.7. The van der Waals surface area contributed by atoms with Gasteiger partial charge in [0.1, 0.15) is 5.82 Å². The topological polar surface area (TPSA) is 91.2 Å². The molecule has 162 valence electrons. The number of hydrogen-bond acceptors (Lipinski definition) is 2. The second kappa shape index (κ2) is 8.79. The molecule has 7 heteroatoms. The molecule has 4 N–H and O–H groups in total. The molecule has 0 radical (unpaired) electrons. The monoisotopic (exact) mass is 422 g/mol. The van der Waals surface area contributed by atoms with Crippen molar-refractivity contribution in [3.63, 3.8) is 0 Å². The number of primary amides is 1. The molecule has 1 atom stereocenters. The molecule has 0 aliphatic carbocycles. The number of nitrogens with zero attached hydrogens (tertiary/aromatic N) is 1. The van der Waals surface area contributed by atoms with Crippen LogP contribution in [0.1, 0.15) is 47.9 Å². The van der Waals surface area contributed by atoms with E-state index in [1.165, 1.54) is 6.07 Å². The van der Waals surface area contributed by atoms with Crippen LogP contribution < -0.4 is 11.1 Å². The van der Waals surface area contributed by atoms with E-state index in [-0.39, 0.29) is 24.1 Å². The second-order valence-corrected chi connectivity index (χ2v) is 8.27. The maximum Gasteiger partial charge on any atom is 0.312 e. The zero-order chi connectivity index (χ0) is 22.0. The molecule has 2 aromatic carbocycles. The Labute approximate surface area is 180 Å². The Morgan fingerprint density at radius 3 is 2.71 bits per heavy atom. The molecule has 1 fully saturated rings. The van der Waals surface area contributed by atoms with Crippen LogP contribution >= 0.6 is 0 Å². The van der Waals surface area contributed by atoms with Crippen molar-refractivity contribution in [1.82, 2.24) is 15.2 Å². The van der Waals surface area contributed by atoms with Gasteiger partial charge in [-0.25, -0.2) is 9.18 Å². The van der Waals surface area contributed by atoms with E-state index >= 15 is 0 Å². The molecule has 0 saturated carbocycles. The van der Waals surface area contributed by atoms with Gasteiger partial charge in [0.15, 0.2) is 0 Å². The SMILES string of the molecule is Cc1cccc(C(CC(=O)N2CCC(c3c[nH]c4ccc(F)cc34)CC2)NC(N)=O)c1. The average Bonchev–Trinajstić information content (AvgIpc) is 3.16. The first-order chi connectivity index (χ1) is 14.9. The number of hydrogen-bond donors (Lipinski definition) is 3. The number of halogens is 1. The zero-order valence-corrected chi connectivity index (χ0v) is 17.5. The van der Waals surface area contributed by atoms with E-state index in [0.717, 1.165) is 40.4 Å². The smallest absolute Gasteiger partial charge is 0.312 e. The number of H-pyrrole nitrogens is 1. The molecule has 1 aliphatic rings. The Bertz CT molecular complexity index is 1100. The van der Waals surface area contributed by atoms with Crippen LogP contribution in [-0.4, -0.2) is 34.9 Å².